The molecule has 0 bridgehead atoms. The Morgan fingerprint density at radius 2 is 2.09 bits per heavy atom. The summed E-state index contributed by atoms with van der Waals surface area (Å²) in [6, 6.07) is 8.63. The molecule has 0 amide bonds. The number of carbonyl (C=O) groups is 1. The molecule has 2 aliphatic heterocycles. The number of benzene rings is 1. The van der Waals surface area contributed by atoms with E-state index in [0.717, 1.165) is 0 Å². The zero-order valence-corrected chi connectivity index (χ0v) is 12.8. The van der Waals surface area contributed by atoms with Gasteiger partial charge in [-0.25, -0.2) is 4.79 Å². The van der Waals surface area contributed by atoms with Crippen LogP contribution in [0.1, 0.15) is 24.2 Å². The number of azide groups is 1. The van der Waals surface area contributed by atoms with Gasteiger partial charge in [-0.3, -0.25) is 0 Å². The normalized spacial score (nSPS) is 31.2. The first-order valence-electron chi connectivity index (χ1n) is 7.28. The molecule has 0 radical (unpaired) electrons. The molecule has 0 aliphatic carbocycles. The van der Waals surface area contributed by atoms with E-state index in [9.17, 15) is 4.79 Å². The van der Waals surface area contributed by atoms with Gasteiger partial charge in [0, 0.05) is 4.91 Å². The highest BCUT2D eigenvalue weighted by Crippen LogP contribution is 2.39. The lowest BCUT2D eigenvalue weighted by Gasteiger charge is -2.25. The minimum atomic E-state index is -0.823. The van der Waals surface area contributed by atoms with Crippen molar-refractivity contribution in [2.75, 3.05) is 6.54 Å². The molecule has 4 atom stereocenters. The first kappa shape index (κ1) is 15.8. The Morgan fingerprint density at radius 1 is 1.35 bits per heavy atom. The lowest BCUT2D eigenvalue weighted by Crippen LogP contribution is -2.39. The molecule has 0 aromatic heterocycles. The Kier molecular flexibility index (Phi) is 4.23. The van der Waals surface area contributed by atoms with Crippen molar-refractivity contribution in [1.82, 2.24) is 0 Å². The molecule has 2 aliphatic rings. The summed E-state index contributed by atoms with van der Waals surface area (Å²) < 4.78 is 22.6. The predicted molar refractivity (Wildman–Crippen MR) is 78.4 cm³/mol. The third-order valence-corrected chi connectivity index (χ3v) is 3.66. The fraction of sp³-hybridized carbons (Fsp3) is 0.533. The molecule has 122 valence electrons. The zero-order valence-electron chi connectivity index (χ0n) is 12.8. The fourth-order valence-corrected chi connectivity index (χ4v) is 2.72. The Morgan fingerprint density at radius 3 is 2.78 bits per heavy atom. The quantitative estimate of drug-likeness (QED) is 0.367. The lowest BCUT2D eigenvalue weighted by molar-refractivity contribution is -0.213. The van der Waals surface area contributed by atoms with Gasteiger partial charge < -0.3 is 18.9 Å². The van der Waals surface area contributed by atoms with E-state index in [2.05, 4.69) is 10.0 Å². The van der Waals surface area contributed by atoms with Crippen LogP contribution < -0.4 is 0 Å². The molecule has 8 nitrogen and oxygen atoms in total. The van der Waals surface area contributed by atoms with E-state index in [1.165, 1.54) is 0 Å². The van der Waals surface area contributed by atoms with Crippen LogP contribution in [0.25, 0.3) is 10.4 Å². The van der Waals surface area contributed by atoms with Crippen LogP contribution in [0.4, 0.5) is 0 Å². The molecule has 1 aromatic rings. The molecule has 2 saturated heterocycles. The van der Waals surface area contributed by atoms with Crippen molar-refractivity contribution >= 4 is 5.97 Å². The highest BCUT2D eigenvalue weighted by atomic mass is 16.8. The van der Waals surface area contributed by atoms with Crippen molar-refractivity contribution < 1.29 is 23.7 Å². The second-order valence-corrected chi connectivity index (χ2v) is 5.79. The average molecular weight is 319 g/mol. The first-order chi connectivity index (χ1) is 11.0. The minimum Gasteiger partial charge on any atom is -0.453 e. The number of hydrogen-bond donors (Lipinski definition) is 0. The van der Waals surface area contributed by atoms with E-state index in [1.54, 1.807) is 38.1 Å². The van der Waals surface area contributed by atoms with Crippen molar-refractivity contribution in [3.05, 3.63) is 46.3 Å². The number of ether oxygens (including phenoxy) is 4. The average Bonchev–Trinajstić information content (AvgIpc) is 2.99. The minimum absolute atomic E-state index is 0.0311. The van der Waals surface area contributed by atoms with Crippen molar-refractivity contribution in [3.63, 3.8) is 0 Å². The van der Waals surface area contributed by atoms with Gasteiger partial charge in [0.2, 0.25) is 0 Å². The molecule has 1 aromatic carbocycles. The van der Waals surface area contributed by atoms with E-state index in [4.69, 9.17) is 24.5 Å². The summed E-state index contributed by atoms with van der Waals surface area (Å²) in [6.07, 6.45) is -2.53. The van der Waals surface area contributed by atoms with E-state index >= 15 is 0 Å². The Labute approximate surface area is 132 Å². The highest BCUT2D eigenvalue weighted by Gasteiger charge is 2.56. The van der Waals surface area contributed by atoms with Gasteiger partial charge in [-0.2, -0.15) is 0 Å². The van der Waals surface area contributed by atoms with Crippen molar-refractivity contribution in [1.29, 1.82) is 0 Å². The summed E-state index contributed by atoms with van der Waals surface area (Å²) in [7, 11) is 0. The number of rotatable bonds is 4. The number of esters is 1. The van der Waals surface area contributed by atoms with Crippen LogP contribution in [0.2, 0.25) is 0 Å². The maximum absolute atomic E-state index is 12.3. The summed E-state index contributed by atoms with van der Waals surface area (Å²) in [6.45, 7) is 3.55. The molecule has 0 saturated carbocycles. The highest BCUT2D eigenvalue weighted by molar-refractivity contribution is 5.89. The maximum Gasteiger partial charge on any atom is 0.338 e. The van der Waals surface area contributed by atoms with Gasteiger partial charge in [0.1, 0.15) is 6.10 Å². The van der Waals surface area contributed by atoms with Gasteiger partial charge in [-0.05, 0) is 31.5 Å². The summed E-state index contributed by atoms with van der Waals surface area (Å²) in [4.78, 5) is 15.0. The number of hydrogen-bond acceptors (Lipinski definition) is 6. The second-order valence-electron chi connectivity index (χ2n) is 5.79. The smallest absolute Gasteiger partial charge is 0.338 e. The van der Waals surface area contributed by atoms with Gasteiger partial charge >= 0.3 is 5.97 Å². The van der Waals surface area contributed by atoms with Crippen LogP contribution in [0, 0.1) is 0 Å². The maximum atomic E-state index is 12.3. The second kappa shape index (κ2) is 6.17. The molecule has 0 spiro atoms. The standard InChI is InChI=1S/C15H17N3O5/c1-15(2)22-12-11(10(8-17-18-16)20-14(12)23-15)21-13(19)9-6-4-3-5-7-9/h3-7,10-12,14H,8H2,1-2H3/t10-,11+,12-,14-/m1/s1. The van der Waals surface area contributed by atoms with Gasteiger partial charge in [-0.1, -0.05) is 23.3 Å². The molecule has 0 N–H and O–H groups in total. The molecule has 0 unspecified atom stereocenters. The number of nitrogens with zero attached hydrogens (tertiary/aromatic N) is 3. The fourth-order valence-electron chi connectivity index (χ4n) is 2.72. The molecular weight excluding hydrogens is 302 g/mol. The molecular formula is C15H17N3O5. The van der Waals surface area contributed by atoms with Gasteiger partial charge in [-0.15, -0.1) is 0 Å². The van der Waals surface area contributed by atoms with Crippen LogP contribution in [0.5, 0.6) is 0 Å². The third kappa shape index (κ3) is 3.30. The van der Waals surface area contributed by atoms with Crippen LogP contribution in [0.15, 0.2) is 35.4 Å². The van der Waals surface area contributed by atoms with E-state index in [0.29, 0.717) is 5.56 Å². The van der Waals surface area contributed by atoms with Crippen LogP contribution in [-0.4, -0.2) is 42.9 Å². The Bertz CT molecular complexity index is 629. The first-order valence-corrected chi connectivity index (χ1v) is 7.28. The van der Waals surface area contributed by atoms with Gasteiger partial charge in [0.15, 0.2) is 24.3 Å². The van der Waals surface area contributed by atoms with E-state index < -0.39 is 36.4 Å². The Hall–Kier alpha value is -2.12. The molecule has 2 heterocycles. The monoisotopic (exact) mass is 319 g/mol. The van der Waals surface area contributed by atoms with Crippen molar-refractivity contribution in [2.24, 2.45) is 5.11 Å². The molecule has 3 rings (SSSR count). The van der Waals surface area contributed by atoms with Crippen molar-refractivity contribution in [2.45, 2.75) is 44.2 Å². The van der Waals surface area contributed by atoms with Crippen LogP contribution in [0.3, 0.4) is 0 Å². The summed E-state index contributed by atoms with van der Waals surface area (Å²) in [5, 5.41) is 3.50. The van der Waals surface area contributed by atoms with Crippen LogP contribution in [-0.2, 0) is 18.9 Å². The summed E-state index contributed by atoms with van der Waals surface area (Å²) >= 11 is 0. The zero-order chi connectivity index (χ0) is 16.4. The largest absolute Gasteiger partial charge is 0.453 e. The molecule has 2 fully saturated rings. The van der Waals surface area contributed by atoms with Gasteiger partial charge in [0.25, 0.3) is 0 Å². The Balaban J connectivity index is 1.77. The SMILES string of the molecule is CC1(C)O[C@H]2O[C@H](CN=[N+]=[N-])[C@H](OC(=O)c3ccccc3)[C@H]2O1. The topological polar surface area (TPSA) is 103 Å². The van der Waals surface area contributed by atoms with Gasteiger partial charge in [0.05, 0.1) is 12.1 Å². The molecule has 8 heteroatoms. The predicted octanol–water partition coefficient (Wildman–Crippen LogP) is 2.40. The summed E-state index contributed by atoms with van der Waals surface area (Å²) in [5.41, 5.74) is 8.92. The number of carbonyl (C=O) groups excluding carboxylic acids is 1. The number of fused-ring (bicyclic) bond motifs is 1. The third-order valence-electron chi connectivity index (χ3n) is 3.66. The van der Waals surface area contributed by atoms with Crippen LogP contribution >= 0.6 is 0 Å². The van der Waals surface area contributed by atoms with E-state index in [1.807, 2.05) is 6.07 Å². The van der Waals surface area contributed by atoms with Crippen molar-refractivity contribution in [3.8, 4) is 0 Å². The summed E-state index contributed by atoms with van der Waals surface area (Å²) in [5.74, 6) is -1.31. The molecule has 23 heavy (non-hydrogen) atoms. The lowest BCUT2D eigenvalue weighted by atomic mass is 10.1. The van der Waals surface area contributed by atoms with E-state index in [-0.39, 0.29) is 6.54 Å².